The lowest BCUT2D eigenvalue weighted by Gasteiger charge is -2.37. The number of aromatic nitrogens is 3. The van der Waals surface area contributed by atoms with Gasteiger partial charge in [-0.2, -0.15) is 0 Å². The molecule has 2 aliphatic rings. The largest absolute Gasteiger partial charge is 0.356 e. The van der Waals surface area contributed by atoms with Crippen LogP contribution in [0.5, 0.6) is 0 Å². The highest BCUT2D eigenvalue weighted by Crippen LogP contribution is 2.21. The van der Waals surface area contributed by atoms with E-state index in [2.05, 4.69) is 43.8 Å². The first-order chi connectivity index (χ1) is 12.2. The third-order valence-electron chi connectivity index (χ3n) is 5.43. The van der Waals surface area contributed by atoms with Gasteiger partial charge in [0.25, 0.3) is 0 Å². The van der Waals surface area contributed by atoms with Crippen LogP contribution in [0.4, 0.5) is 0 Å². The molecule has 140 valence electrons. The van der Waals surface area contributed by atoms with Gasteiger partial charge in [0, 0.05) is 46.1 Å². The van der Waals surface area contributed by atoms with Crippen LogP contribution >= 0.6 is 0 Å². The monoisotopic (exact) mass is 346 g/mol. The van der Waals surface area contributed by atoms with Gasteiger partial charge in [-0.3, -0.25) is 4.99 Å². The number of likely N-dealkylation sites (tertiary alicyclic amines) is 1. The Bertz CT molecular complexity index is 568. The Morgan fingerprint density at radius 1 is 1.16 bits per heavy atom. The third kappa shape index (κ3) is 4.73. The van der Waals surface area contributed by atoms with E-state index >= 15 is 0 Å². The molecule has 1 aromatic rings. The fourth-order valence-electron chi connectivity index (χ4n) is 4.35. The van der Waals surface area contributed by atoms with Crippen molar-refractivity contribution in [3.8, 4) is 0 Å². The first kappa shape index (κ1) is 18.2. The highest BCUT2D eigenvalue weighted by atomic mass is 15.3. The van der Waals surface area contributed by atoms with Crippen molar-refractivity contribution in [1.82, 2.24) is 25.0 Å². The number of rotatable bonds is 4. The lowest BCUT2D eigenvalue weighted by Crippen LogP contribution is -2.48. The maximum atomic E-state index is 4.50. The summed E-state index contributed by atoms with van der Waals surface area (Å²) in [4.78, 5) is 6.91. The molecule has 0 bridgehead atoms. The Morgan fingerprint density at radius 2 is 1.96 bits per heavy atom. The number of piperidine rings is 1. The Labute approximate surface area is 152 Å². The summed E-state index contributed by atoms with van der Waals surface area (Å²) < 4.78 is 2.36. The van der Waals surface area contributed by atoms with Gasteiger partial charge >= 0.3 is 0 Å². The maximum Gasteiger partial charge on any atom is 0.193 e. The normalized spacial score (nSPS) is 24.8. The second-order valence-corrected chi connectivity index (χ2v) is 7.92. The third-order valence-corrected chi connectivity index (χ3v) is 5.43. The lowest BCUT2D eigenvalue weighted by atomic mass is 9.92. The predicted octanol–water partition coefficient (Wildman–Crippen LogP) is 2.49. The van der Waals surface area contributed by atoms with E-state index in [1.807, 2.05) is 7.05 Å². The van der Waals surface area contributed by atoms with E-state index in [1.54, 1.807) is 0 Å². The van der Waals surface area contributed by atoms with Crippen molar-refractivity contribution in [3.05, 3.63) is 11.6 Å². The fourth-order valence-corrected chi connectivity index (χ4v) is 4.35. The summed E-state index contributed by atoms with van der Waals surface area (Å²) >= 11 is 0. The van der Waals surface area contributed by atoms with Crippen LogP contribution in [0, 0.1) is 11.8 Å². The van der Waals surface area contributed by atoms with Crippen molar-refractivity contribution >= 4 is 5.96 Å². The van der Waals surface area contributed by atoms with Gasteiger partial charge in [-0.25, -0.2) is 0 Å². The van der Waals surface area contributed by atoms with Crippen molar-refractivity contribution in [2.45, 2.75) is 65.3 Å². The van der Waals surface area contributed by atoms with Gasteiger partial charge in [0.2, 0.25) is 0 Å². The van der Waals surface area contributed by atoms with Crippen LogP contribution in [-0.2, 0) is 19.4 Å². The minimum absolute atomic E-state index is 0.744. The molecule has 6 heteroatoms. The molecule has 1 saturated heterocycles. The summed E-state index contributed by atoms with van der Waals surface area (Å²) in [7, 11) is 1.89. The summed E-state index contributed by atoms with van der Waals surface area (Å²) in [6.07, 6.45) is 8.29. The van der Waals surface area contributed by atoms with Gasteiger partial charge in [-0.15, -0.1) is 10.2 Å². The topological polar surface area (TPSA) is 58.3 Å². The van der Waals surface area contributed by atoms with Crippen LogP contribution in [0.25, 0.3) is 0 Å². The molecule has 1 fully saturated rings. The zero-order valence-corrected chi connectivity index (χ0v) is 16.2. The molecule has 25 heavy (non-hydrogen) atoms. The highest BCUT2D eigenvalue weighted by molar-refractivity contribution is 5.80. The number of nitrogens with one attached hydrogen (secondary N) is 1. The molecule has 6 nitrogen and oxygen atoms in total. The second kappa shape index (κ2) is 8.68. The molecule has 1 aromatic heterocycles. The molecule has 0 radical (unpaired) electrons. The second-order valence-electron chi connectivity index (χ2n) is 7.92. The van der Waals surface area contributed by atoms with Gasteiger partial charge in [0.15, 0.2) is 5.96 Å². The minimum atomic E-state index is 0.744. The van der Waals surface area contributed by atoms with Gasteiger partial charge in [-0.05, 0) is 37.5 Å². The average molecular weight is 347 g/mol. The van der Waals surface area contributed by atoms with Gasteiger partial charge in [0.1, 0.15) is 11.6 Å². The van der Waals surface area contributed by atoms with Crippen molar-refractivity contribution in [3.63, 3.8) is 0 Å². The molecule has 2 atom stereocenters. The van der Waals surface area contributed by atoms with E-state index in [-0.39, 0.29) is 0 Å². The maximum absolute atomic E-state index is 4.50. The van der Waals surface area contributed by atoms with Crippen LogP contribution in [0.1, 0.15) is 57.6 Å². The first-order valence-corrected chi connectivity index (χ1v) is 10.0. The quantitative estimate of drug-likeness (QED) is 0.517. The zero-order valence-electron chi connectivity index (χ0n) is 16.2. The highest BCUT2D eigenvalue weighted by Gasteiger charge is 2.23. The zero-order chi connectivity index (χ0) is 17.6. The Kier molecular flexibility index (Phi) is 6.32. The lowest BCUT2D eigenvalue weighted by molar-refractivity contribution is 0.208. The first-order valence-electron chi connectivity index (χ1n) is 10.0. The number of hydrogen-bond acceptors (Lipinski definition) is 3. The van der Waals surface area contributed by atoms with Crippen LogP contribution in [0.2, 0.25) is 0 Å². The average Bonchev–Trinajstić information content (AvgIpc) is 2.81. The van der Waals surface area contributed by atoms with E-state index < -0.39 is 0 Å². The predicted molar refractivity (Wildman–Crippen MR) is 102 cm³/mol. The molecule has 3 heterocycles. The summed E-state index contributed by atoms with van der Waals surface area (Å²) in [5.41, 5.74) is 0. The molecule has 3 rings (SSSR count). The SMILES string of the molecule is CN=C(NCCCc1nnc2n1CCCCC2)N1CC(C)CC(C)C1. The molecule has 0 saturated carbocycles. The summed E-state index contributed by atoms with van der Waals surface area (Å²) in [6.45, 7) is 8.94. The van der Waals surface area contributed by atoms with Crippen LogP contribution < -0.4 is 5.32 Å². The molecular formula is C19H34N6. The Hall–Kier alpha value is -1.59. The van der Waals surface area contributed by atoms with Gasteiger partial charge in [-0.1, -0.05) is 20.3 Å². The molecule has 0 aliphatic carbocycles. The van der Waals surface area contributed by atoms with E-state index in [4.69, 9.17) is 0 Å². The molecule has 0 spiro atoms. The number of guanidine groups is 1. The summed E-state index contributed by atoms with van der Waals surface area (Å²) in [5.74, 6) is 4.89. The molecule has 2 unspecified atom stereocenters. The molecule has 0 amide bonds. The summed E-state index contributed by atoms with van der Waals surface area (Å²) in [5, 5.41) is 12.4. The molecule has 0 aromatic carbocycles. The fraction of sp³-hybridized carbons (Fsp3) is 0.842. The summed E-state index contributed by atoms with van der Waals surface area (Å²) in [6, 6.07) is 0. The number of aryl methyl sites for hydroxylation is 2. The molecule has 1 N–H and O–H groups in total. The molecular weight excluding hydrogens is 312 g/mol. The van der Waals surface area contributed by atoms with Crippen LogP contribution in [-0.4, -0.2) is 52.3 Å². The Balaban J connectivity index is 1.47. The number of fused-ring (bicyclic) bond motifs is 1. The van der Waals surface area contributed by atoms with Gasteiger partial charge < -0.3 is 14.8 Å². The standard InChI is InChI=1S/C19H34N6/c1-15-12-16(2)14-24(13-15)19(20-3)21-10-7-9-18-23-22-17-8-5-4-6-11-25(17)18/h15-16H,4-14H2,1-3H3,(H,20,21). The van der Waals surface area contributed by atoms with E-state index in [1.165, 1.54) is 31.5 Å². The number of nitrogens with zero attached hydrogens (tertiary/aromatic N) is 5. The van der Waals surface area contributed by atoms with E-state index in [9.17, 15) is 0 Å². The van der Waals surface area contributed by atoms with E-state index in [0.717, 1.165) is 69.1 Å². The van der Waals surface area contributed by atoms with Crippen molar-refractivity contribution in [1.29, 1.82) is 0 Å². The van der Waals surface area contributed by atoms with E-state index in [0.29, 0.717) is 0 Å². The minimum Gasteiger partial charge on any atom is -0.356 e. The van der Waals surface area contributed by atoms with Crippen molar-refractivity contribution < 1.29 is 0 Å². The van der Waals surface area contributed by atoms with Crippen LogP contribution in [0.15, 0.2) is 4.99 Å². The van der Waals surface area contributed by atoms with Crippen LogP contribution in [0.3, 0.4) is 0 Å². The molecule has 2 aliphatic heterocycles. The van der Waals surface area contributed by atoms with Gasteiger partial charge in [0.05, 0.1) is 0 Å². The number of aliphatic imine (C=N–C) groups is 1. The number of hydrogen-bond donors (Lipinski definition) is 1. The smallest absolute Gasteiger partial charge is 0.193 e. The Morgan fingerprint density at radius 3 is 2.72 bits per heavy atom. The van der Waals surface area contributed by atoms with Crippen molar-refractivity contribution in [2.24, 2.45) is 16.8 Å². The van der Waals surface area contributed by atoms with Crippen molar-refractivity contribution in [2.75, 3.05) is 26.7 Å².